The van der Waals surface area contributed by atoms with Crippen molar-refractivity contribution in [2.24, 2.45) is 0 Å². The standard InChI is InChI=1S/C21H15N3O2/c25-21(26)19-13-16(23-20-4-2-1-3-18(19)20)8-5-15-6-9-17(10-7-15)24-12-11-22-14-24/h1-14H,(H,25,26)/b8-5+. The Morgan fingerprint density at radius 1 is 1.04 bits per heavy atom. The Morgan fingerprint density at radius 3 is 2.58 bits per heavy atom. The molecule has 0 fully saturated rings. The van der Waals surface area contributed by atoms with Crippen molar-refractivity contribution in [1.29, 1.82) is 0 Å². The molecule has 0 amide bonds. The van der Waals surface area contributed by atoms with E-state index in [2.05, 4.69) is 9.97 Å². The van der Waals surface area contributed by atoms with Crippen molar-refractivity contribution < 1.29 is 9.90 Å². The van der Waals surface area contributed by atoms with Gasteiger partial charge in [-0.1, -0.05) is 36.4 Å². The molecule has 0 saturated heterocycles. The summed E-state index contributed by atoms with van der Waals surface area (Å²) < 4.78 is 1.93. The predicted octanol–water partition coefficient (Wildman–Crippen LogP) is 4.29. The molecule has 0 unspecified atom stereocenters. The highest BCUT2D eigenvalue weighted by molar-refractivity contribution is 6.03. The Kier molecular flexibility index (Phi) is 4.03. The molecule has 0 atom stereocenters. The summed E-state index contributed by atoms with van der Waals surface area (Å²) >= 11 is 0. The van der Waals surface area contributed by atoms with Crippen LogP contribution in [0.2, 0.25) is 0 Å². The Morgan fingerprint density at radius 2 is 1.85 bits per heavy atom. The molecule has 2 aromatic heterocycles. The van der Waals surface area contributed by atoms with Crippen LogP contribution in [0.5, 0.6) is 0 Å². The summed E-state index contributed by atoms with van der Waals surface area (Å²) in [7, 11) is 0. The number of aromatic nitrogens is 3. The highest BCUT2D eigenvalue weighted by Crippen LogP contribution is 2.20. The zero-order chi connectivity index (χ0) is 17.9. The molecular weight excluding hydrogens is 326 g/mol. The van der Waals surface area contributed by atoms with E-state index in [4.69, 9.17) is 0 Å². The molecule has 5 nitrogen and oxygen atoms in total. The van der Waals surface area contributed by atoms with Crippen molar-refractivity contribution in [2.45, 2.75) is 0 Å². The van der Waals surface area contributed by atoms with E-state index in [9.17, 15) is 9.90 Å². The number of carbonyl (C=O) groups is 1. The van der Waals surface area contributed by atoms with Gasteiger partial charge in [0.05, 0.1) is 23.1 Å². The SMILES string of the molecule is O=C(O)c1cc(/C=C/c2ccc(-n3ccnc3)cc2)nc2ccccc12. The number of carboxylic acid groups (broad SMARTS) is 1. The van der Waals surface area contributed by atoms with Crippen LogP contribution in [0.1, 0.15) is 21.6 Å². The number of nitrogens with zero attached hydrogens (tertiary/aromatic N) is 3. The van der Waals surface area contributed by atoms with Crippen molar-refractivity contribution in [1.82, 2.24) is 14.5 Å². The molecule has 0 saturated carbocycles. The number of imidazole rings is 1. The summed E-state index contributed by atoms with van der Waals surface area (Å²) in [5.41, 5.74) is 3.56. The average molecular weight is 341 g/mol. The van der Waals surface area contributed by atoms with Crippen LogP contribution >= 0.6 is 0 Å². The Balaban J connectivity index is 1.65. The first-order chi connectivity index (χ1) is 12.7. The summed E-state index contributed by atoms with van der Waals surface area (Å²) in [6.45, 7) is 0. The first-order valence-corrected chi connectivity index (χ1v) is 8.10. The molecule has 0 aliphatic rings. The lowest BCUT2D eigenvalue weighted by atomic mass is 10.1. The molecule has 0 bridgehead atoms. The van der Waals surface area contributed by atoms with Gasteiger partial charge < -0.3 is 9.67 Å². The second kappa shape index (κ2) is 6.64. The summed E-state index contributed by atoms with van der Waals surface area (Å²) in [4.78, 5) is 20.1. The lowest BCUT2D eigenvalue weighted by Crippen LogP contribution is -2.00. The lowest BCUT2D eigenvalue weighted by Gasteiger charge is -2.04. The van der Waals surface area contributed by atoms with Gasteiger partial charge in [0.25, 0.3) is 0 Å². The van der Waals surface area contributed by atoms with Crippen LogP contribution in [0.25, 0.3) is 28.7 Å². The number of hydrogen-bond acceptors (Lipinski definition) is 3. The van der Waals surface area contributed by atoms with Crippen LogP contribution in [0, 0.1) is 0 Å². The number of hydrogen-bond donors (Lipinski definition) is 1. The van der Waals surface area contributed by atoms with Crippen LogP contribution in [-0.2, 0) is 0 Å². The average Bonchev–Trinajstić information content (AvgIpc) is 3.21. The number of carboxylic acids is 1. The van der Waals surface area contributed by atoms with E-state index in [0.717, 1.165) is 11.3 Å². The number of benzene rings is 2. The van der Waals surface area contributed by atoms with Gasteiger partial charge in [0.2, 0.25) is 0 Å². The van der Waals surface area contributed by atoms with E-state index in [0.29, 0.717) is 16.6 Å². The van der Waals surface area contributed by atoms with Crippen LogP contribution in [0.3, 0.4) is 0 Å². The van der Waals surface area contributed by atoms with E-state index < -0.39 is 5.97 Å². The van der Waals surface area contributed by atoms with Crippen molar-refractivity contribution in [3.63, 3.8) is 0 Å². The van der Waals surface area contributed by atoms with E-state index >= 15 is 0 Å². The third-order valence-electron chi connectivity index (χ3n) is 4.11. The van der Waals surface area contributed by atoms with Crippen molar-refractivity contribution in [3.05, 3.63) is 90.1 Å². The van der Waals surface area contributed by atoms with Gasteiger partial charge in [-0.3, -0.25) is 0 Å². The number of para-hydroxylation sites is 1. The topological polar surface area (TPSA) is 68.0 Å². The zero-order valence-corrected chi connectivity index (χ0v) is 13.8. The highest BCUT2D eigenvalue weighted by Gasteiger charge is 2.10. The largest absolute Gasteiger partial charge is 0.478 e. The normalized spacial score (nSPS) is 11.2. The van der Waals surface area contributed by atoms with E-state index in [1.807, 2.05) is 65.4 Å². The molecule has 5 heteroatoms. The maximum atomic E-state index is 11.5. The Bertz CT molecular complexity index is 1100. The number of aromatic carboxylic acids is 1. The predicted molar refractivity (Wildman–Crippen MR) is 101 cm³/mol. The molecule has 4 aromatic rings. The molecule has 2 aromatic carbocycles. The molecule has 2 heterocycles. The summed E-state index contributed by atoms with van der Waals surface area (Å²) in [6.07, 6.45) is 9.11. The minimum absolute atomic E-state index is 0.255. The fourth-order valence-electron chi connectivity index (χ4n) is 2.81. The first kappa shape index (κ1) is 15.8. The third-order valence-corrected chi connectivity index (χ3v) is 4.11. The molecule has 126 valence electrons. The molecule has 0 spiro atoms. The number of fused-ring (bicyclic) bond motifs is 1. The maximum Gasteiger partial charge on any atom is 0.336 e. The van der Waals surface area contributed by atoms with Gasteiger partial charge in [-0.15, -0.1) is 0 Å². The first-order valence-electron chi connectivity index (χ1n) is 8.10. The van der Waals surface area contributed by atoms with Gasteiger partial charge in [0.1, 0.15) is 0 Å². The van der Waals surface area contributed by atoms with Gasteiger partial charge in [0, 0.05) is 23.5 Å². The maximum absolute atomic E-state index is 11.5. The van der Waals surface area contributed by atoms with Gasteiger partial charge in [-0.2, -0.15) is 0 Å². The molecule has 0 aliphatic heterocycles. The van der Waals surface area contributed by atoms with Crippen LogP contribution in [-0.4, -0.2) is 25.6 Å². The highest BCUT2D eigenvalue weighted by atomic mass is 16.4. The second-order valence-corrected chi connectivity index (χ2v) is 5.81. The smallest absolute Gasteiger partial charge is 0.336 e. The molecular formula is C21H15N3O2. The van der Waals surface area contributed by atoms with Crippen LogP contribution in [0.4, 0.5) is 0 Å². The minimum atomic E-state index is -0.956. The van der Waals surface area contributed by atoms with Gasteiger partial charge in [0.15, 0.2) is 0 Å². The number of rotatable bonds is 4. The fraction of sp³-hybridized carbons (Fsp3) is 0. The summed E-state index contributed by atoms with van der Waals surface area (Å²) in [6, 6.07) is 16.8. The fourth-order valence-corrected chi connectivity index (χ4v) is 2.81. The Hall–Kier alpha value is -3.73. The van der Waals surface area contributed by atoms with Crippen molar-refractivity contribution in [3.8, 4) is 5.69 Å². The molecule has 26 heavy (non-hydrogen) atoms. The van der Waals surface area contributed by atoms with Crippen LogP contribution in [0.15, 0.2) is 73.3 Å². The minimum Gasteiger partial charge on any atom is -0.478 e. The molecule has 1 N–H and O–H groups in total. The summed E-state index contributed by atoms with van der Waals surface area (Å²) in [5, 5.41) is 10.1. The third kappa shape index (κ3) is 3.10. The quantitative estimate of drug-likeness (QED) is 0.601. The molecule has 0 aliphatic carbocycles. The van der Waals surface area contributed by atoms with E-state index in [1.54, 1.807) is 24.7 Å². The molecule has 0 radical (unpaired) electrons. The number of pyridine rings is 1. The van der Waals surface area contributed by atoms with Gasteiger partial charge >= 0.3 is 5.97 Å². The zero-order valence-electron chi connectivity index (χ0n) is 13.8. The van der Waals surface area contributed by atoms with Gasteiger partial charge in [-0.05, 0) is 35.9 Å². The van der Waals surface area contributed by atoms with Crippen molar-refractivity contribution >= 4 is 29.0 Å². The summed E-state index contributed by atoms with van der Waals surface area (Å²) in [5.74, 6) is -0.956. The monoisotopic (exact) mass is 341 g/mol. The van der Waals surface area contributed by atoms with Crippen LogP contribution < -0.4 is 0 Å². The lowest BCUT2D eigenvalue weighted by molar-refractivity contribution is 0.0699. The van der Waals surface area contributed by atoms with E-state index in [-0.39, 0.29) is 5.56 Å². The second-order valence-electron chi connectivity index (χ2n) is 5.81. The Labute approximate surface area is 149 Å². The molecule has 4 rings (SSSR count). The van der Waals surface area contributed by atoms with Crippen molar-refractivity contribution in [2.75, 3.05) is 0 Å². The van der Waals surface area contributed by atoms with E-state index in [1.165, 1.54) is 0 Å². The van der Waals surface area contributed by atoms with Gasteiger partial charge in [-0.25, -0.2) is 14.8 Å².